The fourth-order valence-electron chi connectivity index (χ4n) is 3.34. The molecule has 2 aromatic carbocycles. The summed E-state index contributed by atoms with van der Waals surface area (Å²) in [7, 11) is -3.64. The van der Waals surface area contributed by atoms with Crippen LogP contribution in [0.3, 0.4) is 0 Å². The summed E-state index contributed by atoms with van der Waals surface area (Å²) in [5.41, 5.74) is 3.12. The van der Waals surface area contributed by atoms with Crippen LogP contribution in [0, 0.1) is 6.92 Å². The van der Waals surface area contributed by atoms with Gasteiger partial charge in [-0.05, 0) is 69.5 Å². The van der Waals surface area contributed by atoms with E-state index in [1.807, 2.05) is 33.8 Å². The first-order valence-corrected chi connectivity index (χ1v) is 10.7. The van der Waals surface area contributed by atoms with Crippen molar-refractivity contribution in [2.75, 3.05) is 4.31 Å². The lowest BCUT2D eigenvalue weighted by molar-refractivity contribution is 0.0939. The predicted molar refractivity (Wildman–Crippen MR) is 108 cm³/mol. The molecule has 0 unspecified atom stereocenters. The Balaban J connectivity index is 1.94. The lowest BCUT2D eigenvalue weighted by atomic mass is 10.1. The number of sulfonamides is 1. The highest BCUT2D eigenvalue weighted by molar-refractivity contribution is 7.92. The lowest BCUT2D eigenvalue weighted by Crippen LogP contribution is -2.35. The SMILES string of the molecule is CC[C@@H](C)NC(=O)c1ccc2c(c1)C[C@H](C)N2S(=O)(=O)c1ccc(C)cc1. The molecular formula is C21H26N2O3S. The summed E-state index contributed by atoms with van der Waals surface area (Å²) in [5, 5.41) is 2.95. The van der Waals surface area contributed by atoms with Crippen molar-refractivity contribution in [2.24, 2.45) is 0 Å². The minimum atomic E-state index is -3.64. The molecule has 1 amide bonds. The van der Waals surface area contributed by atoms with Crippen LogP contribution >= 0.6 is 0 Å². The summed E-state index contributed by atoms with van der Waals surface area (Å²) in [6.45, 7) is 7.80. The lowest BCUT2D eigenvalue weighted by Gasteiger charge is -2.24. The number of rotatable bonds is 5. The Morgan fingerprint density at radius 2 is 1.89 bits per heavy atom. The van der Waals surface area contributed by atoms with Gasteiger partial charge in [-0.1, -0.05) is 24.6 Å². The molecule has 6 heteroatoms. The molecule has 5 nitrogen and oxygen atoms in total. The first kappa shape index (κ1) is 19.4. The third-order valence-electron chi connectivity index (χ3n) is 5.06. The van der Waals surface area contributed by atoms with Crippen molar-refractivity contribution < 1.29 is 13.2 Å². The molecule has 2 atom stereocenters. The van der Waals surface area contributed by atoms with Crippen LogP contribution in [-0.4, -0.2) is 26.4 Å². The first-order valence-electron chi connectivity index (χ1n) is 9.29. The number of anilines is 1. The van der Waals surface area contributed by atoms with Gasteiger partial charge in [0.1, 0.15) is 0 Å². The molecule has 0 saturated carbocycles. The fourth-order valence-corrected chi connectivity index (χ4v) is 5.04. The van der Waals surface area contributed by atoms with Crippen LogP contribution in [0.1, 0.15) is 48.7 Å². The second kappa shape index (κ2) is 7.35. The van der Waals surface area contributed by atoms with E-state index < -0.39 is 10.0 Å². The molecule has 0 spiro atoms. The molecule has 1 N–H and O–H groups in total. The highest BCUT2D eigenvalue weighted by Crippen LogP contribution is 2.37. The molecule has 1 heterocycles. The number of benzene rings is 2. The number of nitrogens with zero attached hydrogens (tertiary/aromatic N) is 1. The van der Waals surface area contributed by atoms with Crippen molar-refractivity contribution in [2.45, 2.75) is 57.5 Å². The zero-order valence-electron chi connectivity index (χ0n) is 16.2. The van der Waals surface area contributed by atoms with Crippen molar-refractivity contribution >= 4 is 21.6 Å². The van der Waals surface area contributed by atoms with Crippen molar-refractivity contribution in [3.63, 3.8) is 0 Å². The molecular weight excluding hydrogens is 360 g/mol. The molecule has 1 aliphatic rings. The summed E-state index contributed by atoms with van der Waals surface area (Å²) in [6.07, 6.45) is 1.45. The van der Waals surface area contributed by atoms with Gasteiger partial charge in [0.2, 0.25) is 0 Å². The Morgan fingerprint density at radius 1 is 1.22 bits per heavy atom. The van der Waals surface area contributed by atoms with Crippen LogP contribution < -0.4 is 9.62 Å². The molecule has 0 radical (unpaired) electrons. The van der Waals surface area contributed by atoms with E-state index >= 15 is 0 Å². The minimum Gasteiger partial charge on any atom is -0.350 e. The summed E-state index contributed by atoms with van der Waals surface area (Å²) < 4.78 is 27.8. The minimum absolute atomic E-state index is 0.100. The molecule has 0 aliphatic carbocycles. The molecule has 144 valence electrons. The average molecular weight is 387 g/mol. The van der Waals surface area contributed by atoms with E-state index in [1.165, 1.54) is 4.31 Å². The van der Waals surface area contributed by atoms with Gasteiger partial charge < -0.3 is 5.32 Å². The largest absolute Gasteiger partial charge is 0.350 e. The molecule has 0 aromatic heterocycles. The van der Waals surface area contributed by atoms with Gasteiger partial charge in [-0.25, -0.2) is 8.42 Å². The maximum atomic E-state index is 13.2. The summed E-state index contributed by atoms with van der Waals surface area (Å²) in [5.74, 6) is -0.125. The number of aryl methyl sites for hydroxylation is 1. The van der Waals surface area contributed by atoms with E-state index in [1.54, 1.807) is 36.4 Å². The summed E-state index contributed by atoms with van der Waals surface area (Å²) in [6, 6.07) is 12.1. The number of fused-ring (bicyclic) bond motifs is 1. The van der Waals surface area contributed by atoms with Gasteiger partial charge in [0, 0.05) is 17.6 Å². The number of hydrogen-bond donors (Lipinski definition) is 1. The number of carbonyl (C=O) groups excluding carboxylic acids is 1. The van der Waals surface area contributed by atoms with Gasteiger partial charge in [0.05, 0.1) is 10.6 Å². The molecule has 2 aromatic rings. The molecule has 3 rings (SSSR count). The van der Waals surface area contributed by atoms with Gasteiger partial charge in [-0.2, -0.15) is 0 Å². The number of nitrogens with one attached hydrogen (secondary N) is 1. The van der Waals surface area contributed by atoms with E-state index in [0.29, 0.717) is 17.7 Å². The smallest absolute Gasteiger partial charge is 0.264 e. The molecule has 1 aliphatic heterocycles. The highest BCUT2D eigenvalue weighted by atomic mass is 32.2. The zero-order chi connectivity index (χ0) is 19.8. The third-order valence-corrected chi connectivity index (χ3v) is 7.00. The monoisotopic (exact) mass is 386 g/mol. The van der Waals surface area contributed by atoms with Crippen LogP contribution in [0.25, 0.3) is 0 Å². The molecule has 27 heavy (non-hydrogen) atoms. The topological polar surface area (TPSA) is 66.5 Å². The van der Waals surface area contributed by atoms with Crippen molar-refractivity contribution in [3.8, 4) is 0 Å². The van der Waals surface area contributed by atoms with Crippen molar-refractivity contribution in [1.82, 2.24) is 5.32 Å². The predicted octanol–water partition coefficient (Wildman–Crippen LogP) is 3.66. The summed E-state index contributed by atoms with van der Waals surface area (Å²) >= 11 is 0. The second-order valence-corrected chi connectivity index (χ2v) is 9.11. The van der Waals surface area contributed by atoms with Crippen LogP contribution in [0.15, 0.2) is 47.4 Å². The standard InChI is InChI=1S/C21H26N2O3S/c1-5-15(3)22-21(24)17-8-11-20-18(13-17)12-16(4)23(20)27(25,26)19-9-6-14(2)7-10-19/h6-11,13,15-16H,5,12H2,1-4H3,(H,22,24)/t15-,16+/m1/s1. The quantitative estimate of drug-likeness (QED) is 0.853. The van der Waals surface area contributed by atoms with Gasteiger partial charge in [0.25, 0.3) is 15.9 Å². The van der Waals surface area contributed by atoms with Crippen LogP contribution in [0.4, 0.5) is 5.69 Å². The fraction of sp³-hybridized carbons (Fsp3) is 0.381. The van der Waals surface area contributed by atoms with Crippen LogP contribution in [0.2, 0.25) is 0 Å². The average Bonchev–Trinajstić information content (AvgIpc) is 2.97. The van der Waals surface area contributed by atoms with Crippen molar-refractivity contribution in [1.29, 1.82) is 0 Å². The van der Waals surface area contributed by atoms with Gasteiger partial charge in [0.15, 0.2) is 0 Å². The maximum absolute atomic E-state index is 13.2. The Morgan fingerprint density at radius 3 is 2.52 bits per heavy atom. The number of carbonyl (C=O) groups is 1. The van der Waals surface area contributed by atoms with E-state index in [0.717, 1.165) is 17.5 Å². The van der Waals surface area contributed by atoms with Gasteiger partial charge in [-0.3, -0.25) is 9.10 Å². The van der Waals surface area contributed by atoms with E-state index in [2.05, 4.69) is 5.32 Å². The van der Waals surface area contributed by atoms with E-state index in [9.17, 15) is 13.2 Å². The van der Waals surface area contributed by atoms with E-state index in [-0.39, 0.29) is 22.9 Å². The van der Waals surface area contributed by atoms with E-state index in [4.69, 9.17) is 0 Å². The number of amides is 1. The van der Waals surface area contributed by atoms with Gasteiger partial charge in [-0.15, -0.1) is 0 Å². The van der Waals surface area contributed by atoms with Gasteiger partial charge >= 0.3 is 0 Å². The van der Waals surface area contributed by atoms with Crippen LogP contribution in [-0.2, 0) is 16.4 Å². The van der Waals surface area contributed by atoms with Crippen LogP contribution in [0.5, 0.6) is 0 Å². The van der Waals surface area contributed by atoms with Crippen molar-refractivity contribution in [3.05, 3.63) is 59.2 Å². The molecule has 0 saturated heterocycles. The highest BCUT2D eigenvalue weighted by Gasteiger charge is 2.36. The first-order chi connectivity index (χ1) is 12.7. The second-order valence-electron chi connectivity index (χ2n) is 7.29. The Labute approximate surface area is 161 Å². The summed E-state index contributed by atoms with van der Waals surface area (Å²) in [4.78, 5) is 12.7. The maximum Gasteiger partial charge on any atom is 0.264 e. The third kappa shape index (κ3) is 3.72. The Kier molecular flexibility index (Phi) is 5.29. The zero-order valence-corrected chi connectivity index (χ0v) is 17.0. The Hall–Kier alpha value is -2.34. The molecule has 0 fully saturated rings. The Bertz CT molecular complexity index is 952. The molecule has 0 bridgehead atoms. The number of hydrogen-bond acceptors (Lipinski definition) is 3. The normalized spacial score (nSPS) is 17.5.